The summed E-state index contributed by atoms with van der Waals surface area (Å²) in [6.07, 6.45) is 3.88. The monoisotopic (exact) mass is 357 g/mol. The number of carbonyl (C=O) groups excluding carboxylic acids is 1. The summed E-state index contributed by atoms with van der Waals surface area (Å²) in [6.45, 7) is 4.77. The van der Waals surface area contributed by atoms with Gasteiger partial charge in [0.15, 0.2) is 0 Å². The van der Waals surface area contributed by atoms with Crippen LogP contribution in [0.5, 0.6) is 0 Å². The number of nitrogens with zero attached hydrogens (tertiary/aromatic N) is 3. The molecule has 3 heterocycles. The molecule has 3 rings (SSSR count). The van der Waals surface area contributed by atoms with E-state index in [1.54, 1.807) is 19.3 Å². The van der Waals surface area contributed by atoms with Crippen molar-refractivity contribution in [2.24, 2.45) is 0 Å². The van der Waals surface area contributed by atoms with Gasteiger partial charge in [0, 0.05) is 50.2 Å². The molecular formula is C18H23N5O3. The Labute approximate surface area is 151 Å². The van der Waals surface area contributed by atoms with Crippen molar-refractivity contribution < 1.29 is 9.53 Å². The summed E-state index contributed by atoms with van der Waals surface area (Å²) < 4.78 is 5.40. The second kappa shape index (κ2) is 8.68. The number of amides is 1. The SMILES string of the molecule is Cc1cc(=O)[nH]c(CCNC(=O)C(c2cccnc2)N2CCOCC2)n1. The summed E-state index contributed by atoms with van der Waals surface area (Å²) in [5.41, 5.74) is 1.34. The number of H-pyrrole nitrogens is 1. The molecule has 1 fully saturated rings. The number of nitrogens with one attached hydrogen (secondary N) is 2. The highest BCUT2D eigenvalue weighted by molar-refractivity contribution is 5.83. The lowest BCUT2D eigenvalue weighted by Gasteiger charge is -2.33. The van der Waals surface area contributed by atoms with E-state index in [0.717, 1.165) is 5.56 Å². The van der Waals surface area contributed by atoms with Gasteiger partial charge in [-0.1, -0.05) is 6.07 Å². The van der Waals surface area contributed by atoms with Gasteiger partial charge in [-0.25, -0.2) is 4.98 Å². The number of ether oxygens (including phenoxy) is 1. The van der Waals surface area contributed by atoms with Gasteiger partial charge < -0.3 is 15.0 Å². The van der Waals surface area contributed by atoms with E-state index in [4.69, 9.17) is 4.74 Å². The van der Waals surface area contributed by atoms with Crippen LogP contribution in [0.1, 0.15) is 23.1 Å². The number of rotatable bonds is 6. The van der Waals surface area contributed by atoms with Crippen LogP contribution in [0.15, 0.2) is 35.4 Å². The minimum atomic E-state index is -0.405. The third-order valence-corrected chi connectivity index (χ3v) is 4.24. The molecule has 26 heavy (non-hydrogen) atoms. The van der Waals surface area contributed by atoms with Crippen LogP contribution in [0.4, 0.5) is 0 Å². The second-order valence-corrected chi connectivity index (χ2v) is 6.21. The first kappa shape index (κ1) is 18.2. The molecule has 8 nitrogen and oxygen atoms in total. The lowest BCUT2D eigenvalue weighted by molar-refractivity contribution is -0.128. The fraction of sp³-hybridized carbons (Fsp3) is 0.444. The topological polar surface area (TPSA) is 100 Å². The highest BCUT2D eigenvalue weighted by Crippen LogP contribution is 2.21. The van der Waals surface area contributed by atoms with Gasteiger partial charge in [-0.05, 0) is 18.6 Å². The van der Waals surface area contributed by atoms with E-state index in [-0.39, 0.29) is 11.5 Å². The number of carbonyl (C=O) groups is 1. The zero-order chi connectivity index (χ0) is 18.4. The third kappa shape index (κ3) is 4.74. The molecule has 0 spiro atoms. The third-order valence-electron chi connectivity index (χ3n) is 4.24. The number of aromatic nitrogens is 3. The Hall–Kier alpha value is -2.58. The van der Waals surface area contributed by atoms with E-state index in [0.29, 0.717) is 50.8 Å². The van der Waals surface area contributed by atoms with Crippen LogP contribution in [-0.2, 0) is 16.0 Å². The van der Waals surface area contributed by atoms with Crippen LogP contribution in [0, 0.1) is 6.92 Å². The van der Waals surface area contributed by atoms with Gasteiger partial charge in [0.2, 0.25) is 5.91 Å². The zero-order valence-electron chi connectivity index (χ0n) is 14.8. The number of pyridine rings is 1. The van der Waals surface area contributed by atoms with Gasteiger partial charge in [-0.15, -0.1) is 0 Å². The van der Waals surface area contributed by atoms with Gasteiger partial charge in [0.1, 0.15) is 11.9 Å². The van der Waals surface area contributed by atoms with E-state index in [9.17, 15) is 9.59 Å². The summed E-state index contributed by atoms with van der Waals surface area (Å²) in [4.78, 5) is 37.6. The summed E-state index contributed by atoms with van der Waals surface area (Å²) in [5.74, 6) is 0.481. The van der Waals surface area contributed by atoms with Crippen LogP contribution in [0.2, 0.25) is 0 Å². The van der Waals surface area contributed by atoms with Crippen LogP contribution in [0.3, 0.4) is 0 Å². The molecule has 2 N–H and O–H groups in total. The first-order valence-corrected chi connectivity index (χ1v) is 8.70. The predicted molar refractivity (Wildman–Crippen MR) is 95.7 cm³/mol. The van der Waals surface area contributed by atoms with Crippen molar-refractivity contribution in [3.05, 3.63) is 58.0 Å². The smallest absolute Gasteiger partial charge is 0.251 e. The van der Waals surface area contributed by atoms with Crippen LogP contribution in [0.25, 0.3) is 0 Å². The van der Waals surface area contributed by atoms with Crippen molar-refractivity contribution in [1.82, 2.24) is 25.2 Å². The van der Waals surface area contributed by atoms with E-state index in [1.165, 1.54) is 6.07 Å². The largest absolute Gasteiger partial charge is 0.379 e. The Kier molecular flexibility index (Phi) is 6.08. The number of aryl methyl sites for hydroxylation is 1. The van der Waals surface area contributed by atoms with E-state index >= 15 is 0 Å². The van der Waals surface area contributed by atoms with E-state index in [2.05, 4.69) is 25.2 Å². The maximum atomic E-state index is 12.9. The summed E-state index contributed by atoms with van der Waals surface area (Å²) >= 11 is 0. The van der Waals surface area contributed by atoms with Crippen molar-refractivity contribution in [3.63, 3.8) is 0 Å². The highest BCUT2D eigenvalue weighted by atomic mass is 16.5. The van der Waals surface area contributed by atoms with Crippen molar-refractivity contribution in [2.75, 3.05) is 32.8 Å². The molecule has 8 heteroatoms. The summed E-state index contributed by atoms with van der Waals surface area (Å²) in [5, 5.41) is 2.95. The minimum absolute atomic E-state index is 0.0881. The van der Waals surface area contributed by atoms with Gasteiger partial charge in [-0.3, -0.25) is 19.5 Å². The van der Waals surface area contributed by atoms with Crippen molar-refractivity contribution in [3.8, 4) is 0 Å². The minimum Gasteiger partial charge on any atom is -0.379 e. The van der Waals surface area contributed by atoms with Gasteiger partial charge in [-0.2, -0.15) is 0 Å². The lowest BCUT2D eigenvalue weighted by atomic mass is 10.1. The molecule has 1 atom stereocenters. The average molecular weight is 357 g/mol. The maximum absolute atomic E-state index is 12.9. The molecule has 2 aromatic heterocycles. The molecule has 0 aliphatic carbocycles. The van der Waals surface area contributed by atoms with Crippen molar-refractivity contribution in [1.29, 1.82) is 0 Å². The number of aromatic amines is 1. The van der Waals surface area contributed by atoms with Gasteiger partial charge >= 0.3 is 0 Å². The number of morpholine rings is 1. The Morgan fingerprint density at radius 3 is 2.92 bits per heavy atom. The molecule has 1 unspecified atom stereocenters. The predicted octanol–water partition coefficient (Wildman–Crippen LogP) is 0.206. The van der Waals surface area contributed by atoms with Crippen molar-refractivity contribution in [2.45, 2.75) is 19.4 Å². The molecule has 1 aliphatic rings. The molecule has 0 radical (unpaired) electrons. The number of hydrogen-bond acceptors (Lipinski definition) is 6. The normalized spacial score (nSPS) is 16.2. The molecule has 0 saturated carbocycles. The molecule has 1 saturated heterocycles. The quantitative estimate of drug-likeness (QED) is 0.766. The first-order chi connectivity index (χ1) is 12.6. The summed E-state index contributed by atoms with van der Waals surface area (Å²) in [7, 11) is 0. The fourth-order valence-corrected chi connectivity index (χ4v) is 3.06. The molecule has 0 aromatic carbocycles. The van der Waals surface area contributed by atoms with Gasteiger partial charge in [0.25, 0.3) is 5.56 Å². The Morgan fingerprint density at radius 2 is 2.23 bits per heavy atom. The molecule has 2 aromatic rings. The molecule has 1 aliphatic heterocycles. The van der Waals surface area contributed by atoms with Crippen LogP contribution in [-0.4, -0.2) is 58.6 Å². The highest BCUT2D eigenvalue weighted by Gasteiger charge is 2.29. The van der Waals surface area contributed by atoms with E-state index in [1.807, 2.05) is 12.1 Å². The van der Waals surface area contributed by atoms with Crippen LogP contribution >= 0.6 is 0 Å². The Morgan fingerprint density at radius 1 is 1.42 bits per heavy atom. The Balaban J connectivity index is 1.66. The number of hydrogen-bond donors (Lipinski definition) is 2. The van der Waals surface area contributed by atoms with Crippen LogP contribution < -0.4 is 10.9 Å². The zero-order valence-corrected chi connectivity index (χ0v) is 14.8. The molecule has 0 bridgehead atoms. The first-order valence-electron chi connectivity index (χ1n) is 8.70. The maximum Gasteiger partial charge on any atom is 0.251 e. The van der Waals surface area contributed by atoms with E-state index < -0.39 is 6.04 Å². The molecule has 138 valence electrons. The fourth-order valence-electron chi connectivity index (χ4n) is 3.06. The average Bonchev–Trinajstić information content (AvgIpc) is 2.63. The standard InChI is InChI=1S/C18H23N5O3/c1-13-11-16(24)22-15(21-13)4-6-20-18(25)17(14-3-2-5-19-12-14)23-7-9-26-10-8-23/h2-3,5,11-12,17H,4,6-10H2,1H3,(H,20,25)(H,21,22,24). The molecule has 1 amide bonds. The van der Waals surface area contributed by atoms with Gasteiger partial charge in [0.05, 0.1) is 13.2 Å². The lowest BCUT2D eigenvalue weighted by Crippen LogP contribution is -2.46. The molecular weight excluding hydrogens is 334 g/mol. The Bertz CT molecular complexity index is 787. The summed E-state index contributed by atoms with van der Waals surface area (Å²) in [6, 6.07) is 4.78. The second-order valence-electron chi connectivity index (χ2n) is 6.21. The van der Waals surface area contributed by atoms with Crippen molar-refractivity contribution >= 4 is 5.91 Å².